The van der Waals surface area contributed by atoms with Gasteiger partial charge in [-0.25, -0.2) is 0 Å². The van der Waals surface area contributed by atoms with Gasteiger partial charge in [0.15, 0.2) is 5.96 Å². The van der Waals surface area contributed by atoms with Crippen molar-refractivity contribution in [3.8, 4) is 0 Å². The molecule has 0 spiro atoms. The number of hydrogen-bond donors (Lipinski definition) is 3. The van der Waals surface area contributed by atoms with Gasteiger partial charge >= 0.3 is 0 Å². The lowest BCUT2D eigenvalue weighted by atomic mass is 9.97. The maximum Gasteiger partial charge on any atom is 0.186 e. The normalized spacial score (nSPS) is 26.0. The maximum atomic E-state index is 7.56. The van der Waals surface area contributed by atoms with Crippen LogP contribution in [0.1, 0.15) is 59.3 Å². The van der Waals surface area contributed by atoms with Gasteiger partial charge in [-0.15, -0.1) is 0 Å². The van der Waals surface area contributed by atoms with Gasteiger partial charge in [-0.1, -0.05) is 40.0 Å². The second kappa shape index (κ2) is 14.2. The molecule has 154 valence electrons. The molecule has 26 heavy (non-hydrogen) atoms. The lowest BCUT2D eigenvalue weighted by Crippen LogP contribution is -2.62. The van der Waals surface area contributed by atoms with Crippen molar-refractivity contribution in [1.29, 1.82) is 5.41 Å². The Balaban J connectivity index is 2.77. The molecule has 0 aromatic rings. The average Bonchev–Trinajstić information content (AvgIpc) is 2.61. The van der Waals surface area contributed by atoms with E-state index in [1.54, 1.807) is 0 Å². The van der Waals surface area contributed by atoms with Crippen molar-refractivity contribution in [2.24, 2.45) is 5.73 Å². The minimum absolute atomic E-state index is 0.0763. The molecule has 1 rings (SSSR count). The van der Waals surface area contributed by atoms with Crippen LogP contribution in [-0.2, 0) is 18.9 Å². The summed E-state index contributed by atoms with van der Waals surface area (Å²) in [4.78, 5) is 0. The van der Waals surface area contributed by atoms with Gasteiger partial charge in [0.25, 0.3) is 0 Å². The van der Waals surface area contributed by atoms with Crippen molar-refractivity contribution in [2.45, 2.75) is 83.6 Å². The number of nitrogens with one attached hydrogen (secondary N) is 2. The quantitative estimate of drug-likeness (QED) is 0.246. The van der Waals surface area contributed by atoms with E-state index < -0.39 is 0 Å². The van der Waals surface area contributed by atoms with E-state index in [1.807, 2.05) is 0 Å². The molecule has 7 nitrogen and oxygen atoms in total. The summed E-state index contributed by atoms with van der Waals surface area (Å²) in [5.41, 5.74) is 5.55. The molecule has 0 aromatic heterocycles. The molecular weight excluding hydrogens is 334 g/mol. The first-order valence-corrected chi connectivity index (χ1v) is 10.2. The minimum atomic E-state index is -0.231. The first-order chi connectivity index (χ1) is 12.6. The molecule has 0 aliphatic carbocycles. The molecule has 1 heterocycles. The molecular formula is C19H39N3O4. The summed E-state index contributed by atoms with van der Waals surface area (Å²) in [6, 6.07) is -0.192. The molecule has 1 aliphatic heterocycles. The van der Waals surface area contributed by atoms with Crippen molar-refractivity contribution in [3.05, 3.63) is 0 Å². The van der Waals surface area contributed by atoms with Crippen LogP contribution in [0, 0.1) is 5.41 Å². The van der Waals surface area contributed by atoms with Crippen LogP contribution < -0.4 is 11.1 Å². The Morgan fingerprint density at radius 2 is 1.58 bits per heavy atom. The SMILES string of the molecule is CCCCOC[C@H]1OC[C@H](NC(=N)N)[C@@H](OCCCC)[C@H]1OCCCC. The van der Waals surface area contributed by atoms with Crippen molar-refractivity contribution in [1.82, 2.24) is 5.32 Å². The zero-order chi connectivity index (χ0) is 19.2. The number of ether oxygens (including phenoxy) is 4. The summed E-state index contributed by atoms with van der Waals surface area (Å²) in [6.07, 6.45) is 5.66. The fourth-order valence-electron chi connectivity index (χ4n) is 2.91. The lowest BCUT2D eigenvalue weighted by Gasteiger charge is -2.42. The highest BCUT2D eigenvalue weighted by atomic mass is 16.6. The molecule has 1 fully saturated rings. The third kappa shape index (κ3) is 8.66. The Morgan fingerprint density at radius 3 is 2.15 bits per heavy atom. The Labute approximate surface area is 158 Å². The molecule has 0 bridgehead atoms. The average molecular weight is 374 g/mol. The van der Waals surface area contributed by atoms with Crippen molar-refractivity contribution >= 4 is 5.96 Å². The minimum Gasteiger partial charge on any atom is -0.379 e. The molecule has 1 aliphatic rings. The van der Waals surface area contributed by atoms with Gasteiger partial charge in [0.2, 0.25) is 0 Å². The molecule has 4 N–H and O–H groups in total. The van der Waals surface area contributed by atoms with Gasteiger partial charge in [0.1, 0.15) is 18.3 Å². The molecule has 0 saturated carbocycles. The molecule has 4 atom stereocenters. The Kier molecular flexibility index (Phi) is 12.6. The molecule has 7 heteroatoms. The second-order valence-electron chi connectivity index (χ2n) is 6.84. The summed E-state index contributed by atoms with van der Waals surface area (Å²) in [5.74, 6) is -0.0763. The second-order valence-corrected chi connectivity index (χ2v) is 6.84. The van der Waals surface area contributed by atoms with Gasteiger partial charge in [-0.3, -0.25) is 5.41 Å². The predicted molar refractivity (Wildman–Crippen MR) is 104 cm³/mol. The lowest BCUT2D eigenvalue weighted by molar-refractivity contribution is -0.200. The van der Waals surface area contributed by atoms with E-state index in [1.165, 1.54) is 0 Å². The number of guanidine groups is 1. The van der Waals surface area contributed by atoms with E-state index in [4.69, 9.17) is 30.1 Å². The summed E-state index contributed by atoms with van der Waals surface area (Å²) in [7, 11) is 0. The molecule has 0 aromatic carbocycles. The van der Waals surface area contributed by atoms with Crippen LogP contribution in [0.4, 0.5) is 0 Å². The molecule has 1 saturated heterocycles. The topological polar surface area (TPSA) is 98.8 Å². The number of unbranched alkanes of at least 4 members (excludes halogenated alkanes) is 3. The zero-order valence-corrected chi connectivity index (χ0v) is 16.8. The smallest absolute Gasteiger partial charge is 0.186 e. The molecule has 0 unspecified atom stereocenters. The third-order valence-corrected chi connectivity index (χ3v) is 4.46. The van der Waals surface area contributed by atoms with E-state index in [2.05, 4.69) is 26.1 Å². The van der Waals surface area contributed by atoms with Crippen molar-refractivity contribution < 1.29 is 18.9 Å². The maximum absolute atomic E-state index is 7.56. The van der Waals surface area contributed by atoms with E-state index in [0.717, 1.165) is 45.1 Å². The Bertz CT molecular complexity index is 371. The standard InChI is InChI=1S/C19H39N3O4/c1-4-7-10-23-14-16-18(25-12-9-6-3)17(24-11-8-5-2)15(13-26-16)22-19(20)21/h15-18H,4-14H2,1-3H3,(H4,20,21,22)/t15-,16+,17+,18-/m0/s1. The highest BCUT2D eigenvalue weighted by molar-refractivity contribution is 5.74. The monoisotopic (exact) mass is 373 g/mol. The van der Waals surface area contributed by atoms with E-state index in [-0.39, 0.29) is 30.3 Å². The molecule has 0 amide bonds. The van der Waals surface area contributed by atoms with Crippen LogP contribution in [0.3, 0.4) is 0 Å². The largest absolute Gasteiger partial charge is 0.379 e. The van der Waals surface area contributed by atoms with Crippen LogP contribution >= 0.6 is 0 Å². The van der Waals surface area contributed by atoms with Crippen LogP contribution in [0.2, 0.25) is 0 Å². The summed E-state index contributed by atoms with van der Waals surface area (Å²) in [5, 5.41) is 10.5. The summed E-state index contributed by atoms with van der Waals surface area (Å²) < 4.78 is 24.1. The number of rotatable bonds is 14. The van der Waals surface area contributed by atoms with Crippen molar-refractivity contribution in [3.63, 3.8) is 0 Å². The zero-order valence-electron chi connectivity index (χ0n) is 16.8. The van der Waals surface area contributed by atoms with Gasteiger partial charge in [-0.05, 0) is 19.3 Å². The van der Waals surface area contributed by atoms with Gasteiger partial charge in [-0.2, -0.15) is 0 Å². The predicted octanol–water partition coefficient (Wildman–Crippen LogP) is 2.42. The highest BCUT2D eigenvalue weighted by Crippen LogP contribution is 2.23. The Hall–Kier alpha value is -0.890. The first-order valence-electron chi connectivity index (χ1n) is 10.2. The van der Waals surface area contributed by atoms with Crippen LogP contribution in [0.15, 0.2) is 0 Å². The van der Waals surface area contributed by atoms with E-state index >= 15 is 0 Å². The van der Waals surface area contributed by atoms with E-state index in [9.17, 15) is 0 Å². The summed E-state index contributed by atoms with van der Waals surface area (Å²) >= 11 is 0. The van der Waals surface area contributed by atoms with Gasteiger partial charge in [0.05, 0.1) is 19.3 Å². The Morgan fingerprint density at radius 1 is 1.00 bits per heavy atom. The number of hydrogen-bond acceptors (Lipinski definition) is 5. The van der Waals surface area contributed by atoms with Gasteiger partial charge < -0.3 is 30.0 Å². The summed E-state index contributed by atoms with van der Waals surface area (Å²) in [6.45, 7) is 9.40. The van der Waals surface area contributed by atoms with E-state index in [0.29, 0.717) is 26.4 Å². The fourth-order valence-corrected chi connectivity index (χ4v) is 2.91. The fraction of sp³-hybridized carbons (Fsp3) is 0.947. The van der Waals surface area contributed by atoms with Crippen molar-refractivity contribution in [2.75, 3.05) is 33.0 Å². The first kappa shape index (κ1) is 23.1. The van der Waals surface area contributed by atoms with Crippen LogP contribution in [0.5, 0.6) is 0 Å². The number of nitrogens with two attached hydrogens (primary N) is 1. The third-order valence-electron chi connectivity index (χ3n) is 4.46. The van der Waals surface area contributed by atoms with Crippen LogP contribution in [-0.4, -0.2) is 63.3 Å². The highest BCUT2D eigenvalue weighted by Gasteiger charge is 2.42. The van der Waals surface area contributed by atoms with Gasteiger partial charge in [0, 0.05) is 19.8 Å². The van der Waals surface area contributed by atoms with Crippen LogP contribution in [0.25, 0.3) is 0 Å². The molecule has 0 radical (unpaired) electrons.